The van der Waals surface area contributed by atoms with E-state index < -0.39 is 10.0 Å². The van der Waals surface area contributed by atoms with E-state index in [1.807, 2.05) is 18.2 Å². The van der Waals surface area contributed by atoms with Gasteiger partial charge in [-0.3, -0.25) is 4.79 Å². The minimum Gasteiger partial charge on any atom is -0.326 e. The molecule has 0 radical (unpaired) electrons. The largest absolute Gasteiger partial charge is 0.326 e. The fraction of sp³-hybridized carbons (Fsp3) is 0.381. The van der Waals surface area contributed by atoms with Gasteiger partial charge in [0.15, 0.2) is 0 Å². The smallest absolute Gasteiger partial charge is 0.243 e. The predicted octanol–water partition coefficient (Wildman–Crippen LogP) is 3.21. The van der Waals surface area contributed by atoms with Gasteiger partial charge in [0.25, 0.3) is 0 Å². The Hall–Kier alpha value is -2.18. The molecule has 2 aliphatic rings. The molecule has 0 bridgehead atoms. The van der Waals surface area contributed by atoms with Gasteiger partial charge in [-0.2, -0.15) is 4.31 Å². The maximum atomic E-state index is 13.1. The maximum absolute atomic E-state index is 13.1. The molecule has 6 heteroatoms. The summed E-state index contributed by atoms with van der Waals surface area (Å²) in [6.45, 7) is 1.12. The Kier molecular flexibility index (Phi) is 5.02. The van der Waals surface area contributed by atoms with Crippen LogP contribution in [0.15, 0.2) is 53.4 Å². The number of rotatable bonds is 4. The second-order valence-electron chi connectivity index (χ2n) is 7.43. The van der Waals surface area contributed by atoms with Crippen molar-refractivity contribution < 1.29 is 13.2 Å². The van der Waals surface area contributed by atoms with E-state index in [0.717, 1.165) is 30.5 Å². The van der Waals surface area contributed by atoms with E-state index in [1.165, 1.54) is 5.56 Å². The van der Waals surface area contributed by atoms with Crippen LogP contribution in [0.3, 0.4) is 0 Å². The van der Waals surface area contributed by atoms with Crippen LogP contribution in [-0.4, -0.2) is 31.7 Å². The number of nitrogens with zero attached hydrogens (tertiary/aromatic N) is 1. The monoisotopic (exact) mass is 384 g/mol. The highest BCUT2D eigenvalue weighted by atomic mass is 32.2. The van der Waals surface area contributed by atoms with Crippen molar-refractivity contribution >= 4 is 21.6 Å². The first-order valence-corrected chi connectivity index (χ1v) is 10.9. The summed E-state index contributed by atoms with van der Waals surface area (Å²) in [6, 6.07) is 15.3. The molecule has 4 rings (SSSR count). The van der Waals surface area contributed by atoms with E-state index >= 15 is 0 Å². The van der Waals surface area contributed by atoms with Gasteiger partial charge in [0.2, 0.25) is 15.9 Å². The van der Waals surface area contributed by atoms with Crippen LogP contribution in [0, 0.1) is 5.92 Å². The van der Waals surface area contributed by atoms with Crippen molar-refractivity contribution in [1.29, 1.82) is 0 Å². The summed E-state index contributed by atoms with van der Waals surface area (Å²) < 4.78 is 27.8. The second kappa shape index (κ2) is 7.44. The van der Waals surface area contributed by atoms with Crippen LogP contribution in [0.1, 0.15) is 30.4 Å². The quantitative estimate of drug-likeness (QED) is 0.880. The van der Waals surface area contributed by atoms with Crippen LogP contribution in [-0.2, 0) is 27.7 Å². The fourth-order valence-corrected chi connectivity index (χ4v) is 5.57. The molecule has 1 amide bonds. The van der Waals surface area contributed by atoms with Gasteiger partial charge in [-0.15, -0.1) is 0 Å². The Morgan fingerprint density at radius 1 is 1.07 bits per heavy atom. The topological polar surface area (TPSA) is 66.5 Å². The lowest BCUT2D eigenvalue weighted by Gasteiger charge is -2.18. The minimum absolute atomic E-state index is 0.00680. The molecule has 142 valence electrons. The minimum atomic E-state index is -3.50. The van der Waals surface area contributed by atoms with E-state index in [1.54, 1.807) is 22.5 Å². The number of benzene rings is 2. The van der Waals surface area contributed by atoms with Crippen LogP contribution >= 0.6 is 0 Å². The lowest BCUT2D eigenvalue weighted by Crippen LogP contribution is -2.29. The zero-order valence-corrected chi connectivity index (χ0v) is 16.0. The molecular formula is C21H24N2O3S. The summed E-state index contributed by atoms with van der Waals surface area (Å²) in [5, 5.41) is 2.86. The molecule has 1 N–H and O–H groups in total. The third-order valence-electron chi connectivity index (χ3n) is 5.45. The van der Waals surface area contributed by atoms with Gasteiger partial charge in [-0.25, -0.2) is 8.42 Å². The molecule has 1 unspecified atom stereocenters. The van der Waals surface area contributed by atoms with Crippen LogP contribution in [0.25, 0.3) is 0 Å². The van der Waals surface area contributed by atoms with E-state index in [0.29, 0.717) is 36.7 Å². The van der Waals surface area contributed by atoms with E-state index in [2.05, 4.69) is 17.4 Å². The van der Waals surface area contributed by atoms with Gasteiger partial charge in [0.1, 0.15) is 0 Å². The molecule has 0 aromatic heterocycles. The van der Waals surface area contributed by atoms with Crippen molar-refractivity contribution in [2.75, 3.05) is 18.4 Å². The Morgan fingerprint density at radius 3 is 2.70 bits per heavy atom. The lowest BCUT2D eigenvalue weighted by molar-refractivity contribution is -0.116. The highest BCUT2D eigenvalue weighted by Gasteiger charge is 2.33. The van der Waals surface area contributed by atoms with Crippen molar-refractivity contribution in [2.45, 2.75) is 37.0 Å². The Bertz CT molecular complexity index is 941. The van der Waals surface area contributed by atoms with Crippen LogP contribution in [0.5, 0.6) is 0 Å². The summed E-state index contributed by atoms with van der Waals surface area (Å²) >= 11 is 0. The first kappa shape index (κ1) is 18.2. The number of sulfonamides is 1. The van der Waals surface area contributed by atoms with E-state index in [-0.39, 0.29) is 5.91 Å². The molecule has 27 heavy (non-hydrogen) atoms. The van der Waals surface area contributed by atoms with E-state index in [4.69, 9.17) is 0 Å². The van der Waals surface area contributed by atoms with Gasteiger partial charge in [-0.05, 0) is 60.9 Å². The molecule has 0 saturated carbocycles. The standard InChI is InChI=1S/C21H24N2O3S/c24-21-8-4-7-18-14-19(9-10-20(18)22-21)27(25,26)23-12-11-17(15-23)13-16-5-2-1-3-6-16/h1-3,5-6,9-10,14,17H,4,7-8,11-13,15H2,(H,22,24). The number of carbonyl (C=O) groups is 1. The molecule has 1 saturated heterocycles. The first-order chi connectivity index (χ1) is 13.0. The summed E-state index contributed by atoms with van der Waals surface area (Å²) in [4.78, 5) is 12.0. The van der Waals surface area contributed by atoms with Gasteiger partial charge >= 0.3 is 0 Å². The number of aryl methyl sites for hydroxylation is 1. The zero-order valence-electron chi connectivity index (χ0n) is 15.2. The van der Waals surface area contributed by atoms with Crippen LogP contribution in [0.2, 0.25) is 0 Å². The van der Waals surface area contributed by atoms with Gasteiger partial charge in [-0.1, -0.05) is 30.3 Å². The number of anilines is 1. The fourth-order valence-electron chi connectivity index (χ4n) is 3.99. The Labute approximate surface area is 160 Å². The average Bonchev–Trinajstić information content (AvgIpc) is 3.04. The normalized spacial score (nSPS) is 20.7. The SMILES string of the molecule is O=C1CCCc2cc(S(=O)(=O)N3CCC(Cc4ccccc4)C3)ccc2N1. The van der Waals surface area contributed by atoms with Crippen molar-refractivity contribution in [1.82, 2.24) is 4.31 Å². The number of hydrogen-bond donors (Lipinski definition) is 1. The number of carbonyl (C=O) groups excluding carboxylic acids is 1. The lowest BCUT2D eigenvalue weighted by atomic mass is 9.99. The third kappa shape index (κ3) is 3.92. The molecule has 2 aromatic carbocycles. The molecule has 1 atom stereocenters. The molecule has 5 nitrogen and oxygen atoms in total. The summed E-state index contributed by atoms with van der Waals surface area (Å²) in [5.74, 6) is 0.343. The predicted molar refractivity (Wildman–Crippen MR) is 105 cm³/mol. The average molecular weight is 385 g/mol. The third-order valence-corrected chi connectivity index (χ3v) is 7.32. The molecule has 2 heterocycles. The number of hydrogen-bond acceptors (Lipinski definition) is 3. The highest BCUT2D eigenvalue weighted by Crippen LogP contribution is 2.30. The molecule has 2 aromatic rings. The van der Waals surface area contributed by atoms with Crippen molar-refractivity contribution in [3.05, 3.63) is 59.7 Å². The molecule has 1 fully saturated rings. The van der Waals surface area contributed by atoms with Crippen molar-refractivity contribution in [3.8, 4) is 0 Å². The van der Waals surface area contributed by atoms with Crippen molar-refractivity contribution in [2.24, 2.45) is 5.92 Å². The number of fused-ring (bicyclic) bond motifs is 1. The summed E-state index contributed by atoms with van der Waals surface area (Å²) in [6.07, 6.45) is 3.72. The Balaban J connectivity index is 1.50. The molecular weight excluding hydrogens is 360 g/mol. The molecule has 0 aliphatic carbocycles. The Morgan fingerprint density at radius 2 is 1.89 bits per heavy atom. The summed E-state index contributed by atoms with van der Waals surface area (Å²) in [5.41, 5.74) is 2.89. The highest BCUT2D eigenvalue weighted by molar-refractivity contribution is 7.89. The number of amides is 1. The van der Waals surface area contributed by atoms with Gasteiger partial charge < -0.3 is 5.32 Å². The number of nitrogens with one attached hydrogen (secondary N) is 1. The maximum Gasteiger partial charge on any atom is 0.243 e. The van der Waals surface area contributed by atoms with Gasteiger partial charge in [0, 0.05) is 25.2 Å². The van der Waals surface area contributed by atoms with Crippen LogP contribution in [0.4, 0.5) is 5.69 Å². The van der Waals surface area contributed by atoms with Crippen LogP contribution < -0.4 is 5.32 Å². The second-order valence-corrected chi connectivity index (χ2v) is 9.37. The van der Waals surface area contributed by atoms with Gasteiger partial charge in [0.05, 0.1) is 4.90 Å². The van der Waals surface area contributed by atoms with Crippen molar-refractivity contribution in [3.63, 3.8) is 0 Å². The molecule has 0 spiro atoms. The molecule has 2 aliphatic heterocycles. The zero-order chi connectivity index (χ0) is 18.9. The van der Waals surface area contributed by atoms with E-state index in [9.17, 15) is 13.2 Å². The first-order valence-electron chi connectivity index (χ1n) is 9.49. The summed E-state index contributed by atoms with van der Waals surface area (Å²) in [7, 11) is -3.50.